The van der Waals surface area contributed by atoms with Gasteiger partial charge in [-0.15, -0.1) is 0 Å². The molecular weight excluding hydrogens is 230 g/mol. The SMILES string of the molecule is NC(Cc1ccnc(-c2ccccn2)c1)C(=O)O. The van der Waals surface area contributed by atoms with Crippen LogP contribution in [0.15, 0.2) is 42.7 Å². The fraction of sp³-hybridized carbons (Fsp3) is 0.154. The molecule has 0 spiro atoms. The molecule has 0 aromatic carbocycles. The lowest BCUT2D eigenvalue weighted by molar-refractivity contribution is -0.138. The molecule has 18 heavy (non-hydrogen) atoms. The Morgan fingerprint density at radius 3 is 2.67 bits per heavy atom. The van der Waals surface area contributed by atoms with Crippen molar-refractivity contribution in [3.8, 4) is 11.4 Å². The van der Waals surface area contributed by atoms with Gasteiger partial charge in [0.1, 0.15) is 6.04 Å². The molecule has 2 aromatic rings. The number of aromatic nitrogens is 2. The fourth-order valence-corrected chi connectivity index (χ4v) is 1.60. The summed E-state index contributed by atoms with van der Waals surface area (Å²) in [5, 5.41) is 8.78. The van der Waals surface area contributed by atoms with Gasteiger partial charge in [0.25, 0.3) is 0 Å². The lowest BCUT2D eigenvalue weighted by Crippen LogP contribution is -2.32. The molecule has 2 heterocycles. The second-order valence-electron chi connectivity index (χ2n) is 3.91. The maximum Gasteiger partial charge on any atom is 0.320 e. The minimum Gasteiger partial charge on any atom is -0.480 e. The zero-order valence-electron chi connectivity index (χ0n) is 9.65. The largest absolute Gasteiger partial charge is 0.480 e. The van der Waals surface area contributed by atoms with Crippen LogP contribution >= 0.6 is 0 Å². The van der Waals surface area contributed by atoms with E-state index in [-0.39, 0.29) is 6.42 Å². The molecule has 0 fully saturated rings. The number of carboxylic acid groups (broad SMARTS) is 1. The molecule has 0 amide bonds. The summed E-state index contributed by atoms with van der Waals surface area (Å²) in [6.45, 7) is 0. The summed E-state index contributed by atoms with van der Waals surface area (Å²) < 4.78 is 0. The van der Waals surface area contributed by atoms with Gasteiger partial charge in [-0.2, -0.15) is 0 Å². The third-order valence-electron chi connectivity index (χ3n) is 2.52. The number of nitrogens with zero attached hydrogens (tertiary/aromatic N) is 2. The number of hydrogen-bond acceptors (Lipinski definition) is 4. The quantitative estimate of drug-likeness (QED) is 0.839. The number of aliphatic carboxylic acids is 1. The first-order valence-electron chi connectivity index (χ1n) is 5.51. The Kier molecular flexibility index (Phi) is 3.64. The van der Waals surface area contributed by atoms with Crippen molar-refractivity contribution in [1.82, 2.24) is 9.97 Å². The third kappa shape index (κ3) is 2.89. The maximum absolute atomic E-state index is 10.7. The van der Waals surface area contributed by atoms with Crippen LogP contribution in [-0.4, -0.2) is 27.1 Å². The van der Waals surface area contributed by atoms with E-state index in [0.29, 0.717) is 5.69 Å². The highest BCUT2D eigenvalue weighted by Gasteiger charge is 2.12. The fourth-order valence-electron chi connectivity index (χ4n) is 1.60. The first kappa shape index (κ1) is 12.2. The molecule has 0 bridgehead atoms. The zero-order chi connectivity index (χ0) is 13.0. The van der Waals surface area contributed by atoms with Gasteiger partial charge >= 0.3 is 5.97 Å². The average molecular weight is 243 g/mol. The van der Waals surface area contributed by atoms with Gasteiger partial charge < -0.3 is 10.8 Å². The van der Waals surface area contributed by atoms with E-state index in [2.05, 4.69) is 9.97 Å². The van der Waals surface area contributed by atoms with E-state index in [4.69, 9.17) is 10.8 Å². The minimum absolute atomic E-state index is 0.275. The molecule has 5 nitrogen and oxygen atoms in total. The van der Waals surface area contributed by atoms with Crippen molar-refractivity contribution < 1.29 is 9.90 Å². The van der Waals surface area contributed by atoms with E-state index in [9.17, 15) is 4.79 Å². The van der Waals surface area contributed by atoms with Crippen LogP contribution in [0.5, 0.6) is 0 Å². The first-order valence-corrected chi connectivity index (χ1v) is 5.51. The normalized spacial score (nSPS) is 12.1. The first-order chi connectivity index (χ1) is 8.66. The topological polar surface area (TPSA) is 89.1 Å². The Balaban J connectivity index is 2.23. The number of carbonyl (C=O) groups is 1. The summed E-state index contributed by atoms with van der Waals surface area (Å²) in [6, 6.07) is 8.22. The number of rotatable bonds is 4. The van der Waals surface area contributed by atoms with Crippen LogP contribution in [0.1, 0.15) is 5.56 Å². The second-order valence-corrected chi connectivity index (χ2v) is 3.91. The van der Waals surface area contributed by atoms with E-state index in [1.165, 1.54) is 0 Å². The molecule has 2 aromatic heterocycles. The summed E-state index contributed by atoms with van der Waals surface area (Å²) in [4.78, 5) is 19.1. The van der Waals surface area contributed by atoms with E-state index < -0.39 is 12.0 Å². The van der Waals surface area contributed by atoms with Crippen LogP contribution in [-0.2, 0) is 11.2 Å². The van der Waals surface area contributed by atoms with Gasteiger partial charge in [-0.3, -0.25) is 14.8 Å². The van der Waals surface area contributed by atoms with Crippen molar-refractivity contribution in [2.75, 3.05) is 0 Å². The van der Waals surface area contributed by atoms with Gasteiger partial charge in [0, 0.05) is 12.4 Å². The molecule has 3 N–H and O–H groups in total. The number of pyridine rings is 2. The van der Waals surface area contributed by atoms with Crippen LogP contribution in [0.4, 0.5) is 0 Å². The molecule has 0 aliphatic heterocycles. The van der Waals surface area contributed by atoms with Crippen molar-refractivity contribution in [2.45, 2.75) is 12.5 Å². The molecule has 5 heteroatoms. The molecule has 92 valence electrons. The molecule has 0 saturated heterocycles. The number of hydrogen-bond donors (Lipinski definition) is 2. The monoisotopic (exact) mass is 243 g/mol. The lowest BCUT2D eigenvalue weighted by Gasteiger charge is -2.07. The number of nitrogens with two attached hydrogens (primary N) is 1. The van der Waals surface area contributed by atoms with Crippen LogP contribution < -0.4 is 5.73 Å². The van der Waals surface area contributed by atoms with Crippen molar-refractivity contribution in [3.05, 3.63) is 48.3 Å². The van der Waals surface area contributed by atoms with Gasteiger partial charge in [-0.25, -0.2) is 0 Å². The van der Waals surface area contributed by atoms with Crippen molar-refractivity contribution in [1.29, 1.82) is 0 Å². The predicted molar refractivity (Wildman–Crippen MR) is 66.8 cm³/mol. The van der Waals surface area contributed by atoms with Crippen molar-refractivity contribution >= 4 is 5.97 Å². The smallest absolute Gasteiger partial charge is 0.320 e. The molecule has 0 radical (unpaired) electrons. The Morgan fingerprint density at radius 1 is 1.22 bits per heavy atom. The van der Waals surface area contributed by atoms with Gasteiger partial charge in [-0.1, -0.05) is 6.07 Å². The highest BCUT2D eigenvalue weighted by molar-refractivity contribution is 5.73. The van der Waals surface area contributed by atoms with Gasteiger partial charge in [0.2, 0.25) is 0 Å². The van der Waals surface area contributed by atoms with E-state index in [0.717, 1.165) is 11.3 Å². The van der Waals surface area contributed by atoms with Crippen LogP contribution in [0, 0.1) is 0 Å². The summed E-state index contributed by atoms with van der Waals surface area (Å²) in [5.41, 5.74) is 7.80. The highest BCUT2D eigenvalue weighted by atomic mass is 16.4. The molecular formula is C13H13N3O2. The Morgan fingerprint density at radius 2 is 2.00 bits per heavy atom. The Bertz CT molecular complexity index is 543. The van der Waals surface area contributed by atoms with Crippen LogP contribution in [0.25, 0.3) is 11.4 Å². The van der Waals surface area contributed by atoms with Crippen molar-refractivity contribution in [3.63, 3.8) is 0 Å². The Labute approximate surface area is 104 Å². The molecule has 2 rings (SSSR count). The molecule has 0 aliphatic rings. The van der Waals surface area contributed by atoms with E-state index in [1.54, 1.807) is 18.5 Å². The Hall–Kier alpha value is -2.27. The van der Waals surface area contributed by atoms with E-state index in [1.807, 2.05) is 24.3 Å². The average Bonchev–Trinajstić information content (AvgIpc) is 2.40. The number of carboxylic acids is 1. The highest BCUT2D eigenvalue weighted by Crippen LogP contribution is 2.15. The molecule has 0 saturated carbocycles. The van der Waals surface area contributed by atoms with Gasteiger partial charge in [0.05, 0.1) is 11.4 Å². The van der Waals surface area contributed by atoms with Gasteiger partial charge in [0.15, 0.2) is 0 Å². The summed E-state index contributed by atoms with van der Waals surface area (Å²) in [6.07, 6.45) is 3.60. The second kappa shape index (κ2) is 5.37. The molecule has 1 atom stereocenters. The molecule has 0 aliphatic carbocycles. The summed E-state index contributed by atoms with van der Waals surface area (Å²) in [7, 11) is 0. The third-order valence-corrected chi connectivity index (χ3v) is 2.52. The zero-order valence-corrected chi connectivity index (χ0v) is 9.65. The summed E-state index contributed by atoms with van der Waals surface area (Å²) in [5.74, 6) is -1.01. The van der Waals surface area contributed by atoms with Gasteiger partial charge in [-0.05, 0) is 36.2 Å². The summed E-state index contributed by atoms with van der Waals surface area (Å²) >= 11 is 0. The maximum atomic E-state index is 10.7. The van der Waals surface area contributed by atoms with E-state index >= 15 is 0 Å². The lowest BCUT2D eigenvalue weighted by atomic mass is 10.1. The minimum atomic E-state index is -1.01. The van der Waals surface area contributed by atoms with Crippen molar-refractivity contribution in [2.24, 2.45) is 5.73 Å². The van der Waals surface area contributed by atoms with Crippen LogP contribution in [0.3, 0.4) is 0 Å². The molecule has 1 unspecified atom stereocenters. The predicted octanol–water partition coefficient (Wildman–Crippen LogP) is 1.10. The standard InChI is InChI=1S/C13H13N3O2/c14-10(13(17)18)7-9-4-6-16-12(8-9)11-3-1-2-5-15-11/h1-6,8,10H,7,14H2,(H,17,18). The van der Waals surface area contributed by atoms with Crippen LogP contribution in [0.2, 0.25) is 0 Å².